The lowest BCUT2D eigenvalue weighted by Crippen LogP contribution is -2.53. The Hall–Kier alpha value is -2.59. The van der Waals surface area contributed by atoms with E-state index in [0.29, 0.717) is 29.6 Å². The summed E-state index contributed by atoms with van der Waals surface area (Å²) in [5.41, 5.74) is 2.81. The van der Waals surface area contributed by atoms with E-state index in [9.17, 15) is 18.3 Å². The van der Waals surface area contributed by atoms with Crippen molar-refractivity contribution in [1.82, 2.24) is 4.72 Å². The van der Waals surface area contributed by atoms with Crippen molar-refractivity contribution >= 4 is 33.2 Å². The summed E-state index contributed by atoms with van der Waals surface area (Å²) in [4.78, 5) is 15.0. The molecule has 2 aliphatic heterocycles. The average Bonchev–Trinajstić information content (AvgIpc) is 3.07. The number of amides is 1. The van der Waals surface area contributed by atoms with E-state index < -0.39 is 28.1 Å². The number of aryl methyl sites for hydroxylation is 1. The second kappa shape index (κ2) is 10.9. The van der Waals surface area contributed by atoms with Gasteiger partial charge >= 0.3 is 0 Å². The molecule has 2 aromatic rings. The standard InChI is InChI=1S/C31H37ClN2O6S/c1-19-24-9-10-25(24)28(35)6-4-14-39-20(2)30(36)33-41(37,38)23-8-12-29-27(16-23)34(19)17-31(18-40-29)13-3-5-21-15-22(32)7-11-26(21)31/h4,6-8,11-12,15-16,19-20,24-25,28,35H,3,5,9-10,13-14,17-18H2,1-2H3,(H,33,36)/t19?,20-,24?,25?,28?,31?/m0/s1. The fourth-order valence-electron chi connectivity index (χ4n) is 7.09. The molecule has 2 aromatic carbocycles. The number of ether oxygens (including phenoxy) is 2. The summed E-state index contributed by atoms with van der Waals surface area (Å²) in [6, 6.07) is 10.9. The highest BCUT2D eigenvalue weighted by atomic mass is 35.5. The van der Waals surface area contributed by atoms with Crippen LogP contribution in [0.25, 0.3) is 0 Å². The Morgan fingerprint density at radius 1 is 1.12 bits per heavy atom. The van der Waals surface area contributed by atoms with Crippen molar-refractivity contribution in [3.05, 3.63) is 64.7 Å². The summed E-state index contributed by atoms with van der Waals surface area (Å²) in [6.07, 6.45) is 6.55. The second-order valence-electron chi connectivity index (χ2n) is 12.0. The summed E-state index contributed by atoms with van der Waals surface area (Å²) >= 11 is 6.38. The smallest absolute Gasteiger partial charge is 0.264 e. The maximum atomic E-state index is 13.4. The van der Waals surface area contributed by atoms with Gasteiger partial charge < -0.3 is 19.5 Å². The first-order valence-electron chi connectivity index (χ1n) is 14.4. The summed E-state index contributed by atoms with van der Waals surface area (Å²) in [5.74, 6) is 0.105. The third-order valence-electron chi connectivity index (χ3n) is 9.58. The van der Waals surface area contributed by atoms with E-state index in [1.165, 1.54) is 24.1 Å². The molecule has 1 fully saturated rings. The van der Waals surface area contributed by atoms with Crippen LogP contribution in [0.2, 0.25) is 5.02 Å². The number of carbonyl (C=O) groups excluding carboxylic acids is 1. The topological polar surface area (TPSA) is 105 Å². The van der Waals surface area contributed by atoms with Crippen molar-refractivity contribution in [3.63, 3.8) is 0 Å². The zero-order chi connectivity index (χ0) is 28.9. The van der Waals surface area contributed by atoms with Gasteiger partial charge in [0.05, 0.1) is 29.9 Å². The number of nitrogens with one attached hydrogen (secondary N) is 1. The van der Waals surface area contributed by atoms with Crippen LogP contribution in [0.3, 0.4) is 0 Å². The molecule has 1 amide bonds. The Kier molecular flexibility index (Phi) is 7.59. The highest BCUT2D eigenvalue weighted by molar-refractivity contribution is 7.90. The molecule has 41 heavy (non-hydrogen) atoms. The molecule has 2 bridgehead atoms. The second-order valence-corrected chi connectivity index (χ2v) is 14.1. The number of fused-ring (bicyclic) bond motifs is 4. The van der Waals surface area contributed by atoms with Crippen LogP contribution in [0.15, 0.2) is 53.4 Å². The van der Waals surface area contributed by atoms with Crippen molar-refractivity contribution in [1.29, 1.82) is 0 Å². The van der Waals surface area contributed by atoms with E-state index in [1.807, 2.05) is 6.07 Å². The number of anilines is 1. The third kappa shape index (κ3) is 5.26. The maximum absolute atomic E-state index is 13.4. The number of benzene rings is 2. The zero-order valence-electron chi connectivity index (χ0n) is 23.4. The number of sulfonamides is 1. The van der Waals surface area contributed by atoms with Crippen molar-refractivity contribution in [2.24, 2.45) is 11.8 Å². The first-order valence-corrected chi connectivity index (χ1v) is 16.3. The van der Waals surface area contributed by atoms with Crippen LogP contribution < -0.4 is 14.4 Å². The minimum Gasteiger partial charge on any atom is -0.490 e. The van der Waals surface area contributed by atoms with Gasteiger partial charge in [0.15, 0.2) is 0 Å². The molecule has 1 spiro atoms. The van der Waals surface area contributed by atoms with Crippen LogP contribution in [0.4, 0.5) is 5.69 Å². The van der Waals surface area contributed by atoms with E-state index in [2.05, 4.69) is 28.7 Å². The van der Waals surface area contributed by atoms with Crippen molar-refractivity contribution in [2.45, 2.75) is 74.5 Å². The van der Waals surface area contributed by atoms with Gasteiger partial charge in [-0.15, -0.1) is 0 Å². The van der Waals surface area contributed by atoms with E-state index in [-0.39, 0.29) is 34.8 Å². The quantitative estimate of drug-likeness (QED) is 0.433. The zero-order valence-corrected chi connectivity index (χ0v) is 25.0. The van der Waals surface area contributed by atoms with Gasteiger partial charge in [0, 0.05) is 23.0 Å². The molecular weight excluding hydrogens is 564 g/mol. The molecule has 220 valence electrons. The van der Waals surface area contributed by atoms with Gasteiger partial charge in [0.25, 0.3) is 15.9 Å². The Morgan fingerprint density at radius 3 is 2.71 bits per heavy atom. The van der Waals surface area contributed by atoms with Crippen LogP contribution in [0, 0.1) is 11.8 Å². The molecule has 2 aliphatic carbocycles. The molecular formula is C31H37ClN2O6S. The number of aliphatic hydroxyl groups is 1. The SMILES string of the molecule is CC1C2CCC2C(O)C=CCO[C@@H](C)C(=O)NS(=O)(=O)c2ccc3c(c2)N1CC1(CCCc2cc(Cl)ccc21)CO3. The number of halogens is 1. The van der Waals surface area contributed by atoms with Gasteiger partial charge in [0.2, 0.25) is 0 Å². The number of hydrogen-bond donors (Lipinski definition) is 2. The maximum Gasteiger partial charge on any atom is 0.264 e. The van der Waals surface area contributed by atoms with Crippen molar-refractivity contribution < 1.29 is 27.8 Å². The van der Waals surface area contributed by atoms with Gasteiger partial charge in [-0.3, -0.25) is 4.79 Å². The number of hydrogen-bond acceptors (Lipinski definition) is 7. The Balaban J connectivity index is 1.47. The molecule has 2 N–H and O–H groups in total. The Morgan fingerprint density at radius 2 is 1.93 bits per heavy atom. The molecule has 5 unspecified atom stereocenters. The normalized spacial score (nSPS) is 33.0. The van der Waals surface area contributed by atoms with Gasteiger partial charge in [-0.25, -0.2) is 13.1 Å². The summed E-state index contributed by atoms with van der Waals surface area (Å²) in [6.45, 7) is 4.84. The monoisotopic (exact) mass is 600 g/mol. The number of nitrogens with zero attached hydrogens (tertiary/aromatic N) is 1. The third-order valence-corrected chi connectivity index (χ3v) is 11.2. The lowest BCUT2D eigenvalue weighted by Gasteiger charge is -2.49. The molecule has 6 atom stereocenters. The van der Waals surface area contributed by atoms with Crippen molar-refractivity contribution in [3.8, 4) is 5.75 Å². The predicted molar refractivity (Wildman–Crippen MR) is 157 cm³/mol. The minimum absolute atomic E-state index is 0.0106. The van der Waals surface area contributed by atoms with Crippen LogP contribution in [0.1, 0.15) is 50.7 Å². The molecule has 1 saturated carbocycles. The van der Waals surface area contributed by atoms with E-state index in [4.69, 9.17) is 21.1 Å². The van der Waals surface area contributed by atoms with Crippen LogP contribution in [-0.2, 0) is 31.4 Å². The van der Waals surface area contributed by atoms with Crippen molar-refractivity contribution in [2.75, 3.05) is 24.7 Å². The number of rotatable bonds is 0. The minimum atomic E-state index is -4.16. The van der Waals surface area contributed by atoms with Gasteiger partial charge in [0.1, 0.15) is 11.9 Å². The molecule has 8 nitrogen and oxygen atoms in total. The molecule has 4 aliphatic rings. The summed E-state index contributed by atoms with van der Waals surface area (Å²) in [7, 11) is -4.16. The summed E-state index contributed by atoms with van der Waals surface area (Å²) in [5, 5.41) is 11.8. The highest BCUT2D eigenvalue weighted by Gasteiger charge is 2.47. The van der Waals surface area contributed by atoms with Gasteiger partial charge in [-0.05, 0) is 99.2 Å². The number of carbonyl (C=O) groups is 1. The van der Waals surface area contributed by atoms with E-state index in [1.54, 1.807) is 24.3 Å². The average molecular weight is 601 g/mol. The molecule has 6 rings (SSSR count). The molecule has 2 heterocycles. The number of aliphatic hydroxyl groups excluding tert-OH is 1. The highest BCUT2D eigenvalue weighted by Crippen LogP contribution is 2.49. The Bertz CT molecular complexity index is 1480. The molecule has 0 radical (unpaired) electrons. The van der Waals surface area contributed by atoms with Gasteiger partial charge in [-0.1, -0.05) is 29.8 Å². The fraction of sp³-hybridized carbons (Fsp3) is 0.516. The Labute approximate surface area is 246 Å². The first-order chi connectivity index (χ1) is 19.6. The van der Waals surface area contributed by atoms with E-state index in [0.717, 1.165) is 32.1 Å². The molecule has 0 aromatic heterocycles. The lowest BCUT2D eigenvalue weighted by molar-refractivity contribution is -0.129. The van der Waals surface area contributed by atoms with Crippen LogP contribution in [-0.4, -0.2) is 57.4 Å². The summed E-state index contributed by atoms with van der Waals surface area (Å²) < 4.78 is 40.9. The van der Waals surface area contributed by atoms with Crippen LogP contribution in [0.5, 0.6) is 5.75 Å². The lowest BCUT2D eigenvalue weighted by atomic mass is 9.66. The fourth-order valence-corrected chi connectivity index (χ4v) is 8.35. The predicted octanol–water partition coefficient (Wildman–Crippen LogP) is 4.37. The molecule has 0 saturated heterocycles. The van der Waals surface area contributed by atoms with Gasteiger partial charge in [-0.2, -0.15) is 0 Å². The van der Waals surface area contributed by atoms with Crippen LogP contribution >= 0.6 is 11.6 Å². The van der Waals surface area contributed by atoms with E-state index >= 15 is 0 Å². The molecule has 10 heteroatoms. The first kappa shape index (κ1) is 28.5. The largest absolute Gasteiger partial charge is 0.490 e.